The Morgan fingerprint density at radius 1 is 1.27 bits per heavy atom. The number of fused-ring (bicyclic) bond motifs is 1. The molecule has 1 aromatic carbocycles. The molecule has 2 N–H and O–H groups in total. The molecule has 2 rings (SSSR count). The number of hydrogen-bond acceptors (Lipinski definition) is 2. The van der Waals surface area contributed by atoms with Crippen LogP contribution in [0.5, 0.6) is 0 Å². The fraction of sp³-hybridized carbons (Fsp3) is 0.0909. The summed E-state index contributed by atoms with van der Waals surface area (Å²) in [5, 5.41) is 9.48. The van der Waals surface area contributed by atoms with Crippen LogP contribution in [-0.2, 0) is 16.0 Å². The number of para-hydroxylation sites is 1. The second kappa shape index (κ2) is 3.57. The highest BCUT2D eigenvalue weighted by Gasteiger charge is 2.13. The third kappa shape index (κ3) is 1.74. The Kier molecular flexibility index (Phi) is 2.25. The first kappa shape index (κ1) is 9.45. The van der Waals surface area contributed by atoms with Gasteiger partial charge in [-0.2, -0.15) is 0 Å². The molecule has 1 heterocycles. The van der Waals surface area contributed by atoms with Gasteiger partial charge >= 0.3 is 5.97 Å². The minimum atomic E-state index is -1.39. The van der Waals surface area contributed by atoms with Gasteiger partial charge in [0.05, 0.1) is 0 Å². The highest BCUT2D eigenvalue weighted by Crippen LogP contribution is 2.17. The number of aromatic amines is 1. The van der Waals surface area contributed by atoms with Crippen LogP contribution in [0.2, 0.25) is 0 Å². The van der Waals surface area contributed by atoms with Crippen molar-refractivity contribution in [3.05, 3.63) is 36.0 Å². The molecular weight excluding hydrogens is 194 g/mol. The van der Waals surface area contributed by atoms with Gasteiger partial charge in [0.2, 0.25) is 5.78 Å². The lowest BCUT2D eigenvalue weighted by Gasteiger charge is -1.99. The number of ketones is 1. The van der Waals surface area contributed by atoms with Crippen molar-refractivity contribution >= 4 is 22.7 Å². The molecule has 0 atom stereocenters. The third-order valence-electron chi connectivity index (χ3n) is 2.26. The van der Waals surface area contributed by atoms with Gasteiger partial charge in [-0.25, -0.2) is 4.79 Å². The zero-order valence-corrected chi connectivity index (χ0v) is 7.86. The van der Waals surface area contributed by atoms with Gasteiger partial charge in [-0.15, -0.1) is 0 Å². The van der Waals surface area contributed by atoms with Crippen LogP contribution in [0.1, 0.15) is 5.56 Å². The second-order valence-electron chi connectivity index (χ2n) is 3.26. The Balaban J connectivity index is 2.39. The molecule has 15 heavy (non-hydrogen) atoms. The van der Waals surface area contributed by atoms with Gasteiger partial charge in [-0.05, 0) is 17.0 Å². The van der Waals surface area contributed by atoms with E-state index in [2.05, 4.69) is 4.98 Å². The molecule has 0 spiro atoms. The molecule has 0 bridgehead atoms. The van der Waals surface area contributed by atoms with Crippen molar-refractivity contribution in [2.45, 2.75) is 6.42 Å². The topological polar surface area (TPSA) is 70.2 Å². The number of benzene rings is 1. The number of carbonyl (C=O) groups excluding carboxylic acids is 1. The smallest absolute Gasteiger partial charge is 0.372 e. The molecule has 0 radical (unpaired) electrons. The highest BCUT2D eigenvalue weighted by atomic mass is 16.4. The molecule has 0 unspecified atom stereocenters. The molecule has 0 amide bonds. The van der Waals surface area contributed by atoms with Crippen molar-refractivity contribution in [2.75, 3.05) is 0 Å². The molecule has 4 heteroatoms. The quantitative estimate of drug-likeness (QED) is 0.740. The summed E-state index contributed by atoms with van der Waals surface area (Å²) in [7, 11) is 0. The number of carboxylic acid groups (broad SMARTS) is 1. The van der Waals surface area contributed by atoms with Crippen LogP contribution in [-0.4, -0.2) is 21.8 Å². The van der Waals surface area contributed by atoms with E-state index < -0.39 is 11.8 Å². The minimum absolute atomic E-state index is 0.0762. The van der Waals surface area contributed by atoms with Gasteiger partial charge in [-0.3, -0.25) is 4.79 Å². The number of aliphatic carboxylic acids is 1. The summed E-state index contributed by atoms with van der Waals surface area (Å²) in [6.45, 7) is 0. The van der Waals surface area contributed by atoms with E-state index in [1.54, 1.807) is 18.3 Å². The average Bonchev–Trinajstić information content (AvgIpc) is 2.66. The van der Waals surface area contributed by atoms with Crippen LogP contribution < -0.4 is 0 Å². The van der Waals surface area contributed by atoms with E-state index >= 15 is 0 Å². The van der Waals surface area contributed by atoms with Crippen molar-refractivity contribution < 1.29 is 14.7 Å². The lowest BCUT2D eigenvalue weighted by molar-refractivity contribution is -0.148. The molecule has 0 aliphatic rings. The SMILES string of the molecule is O=C(O)C(=O)Cc1cccc2cc[nH]c12. The Hall–Kier alpha value is -2.10. The Labute approximate surface area is 85.5 Å². The van der Waals surface area contributed by atoms with Crippen LogP contribution in [0.25, 0.3) is 10.9 Å². The van der Waals surface area contributed by atoms with Gasteiger partial charge in [-0.1, -0.05) is 18.2 Å². The van der Waals surface area contributed by atoms with E-state index in [0.29, 0.717) is 5.56 Å². The fourth-order valence-corrected chi connectivity index (χ4v) is 1.55. The summed E-state index contributed by atoms with van der Waals surface area (Å²) in [5.74, 6) is -2.18. The number of H-pyrrole nitrogens is 1. The zero-order chi connectivity index (χ0) is 10.8. The number of Topliss-reactive ketones (excluding diaryl/α,β-unsaturated/α-hetero) is 1. The summed E-state index contributed by atoms with van der Waals surface area (Å²) in [4.78, 5) is 24.5. The molecule has 0 saturated carbocycles. The monoisotopic (exact) mass is 203 g/mol. The predicted molar refractivity (Wildman–Crippen MR) is 54.6 cm³/mol. The first-order chi connectivity index (χ1) is 7.18. The molecular formula is C11H9NO3. The number of aromatic nitrogens is 1. The maximum atomic E-state index is 11.1. The van der Waals surface area contributed by atoms with Crippen LogP contribution in [0.4, 0.5) is 0 Å². The summed E-state index contributed by atoms with van der Waals surface area (Å²) in [5.41, 5.74) is 1.54. The minimum Gasteiger partial charge on any atom is -0.475 e. The maximum absolute atomic E-state index is 11.1. The molecule has 1 aromatic heterocycles. The first-order valence-electron chi connectivity index (χ1n) is 4.49. The highest BCUT2D eigenvalue weighted by molar-refractivity contribution is 6.33. The molecule has 2 aromatic rings. The normalized spacial score (nSPS) is 10.4. The molecule has 0 aliphatic carbocycles. The van der Waals surface area contributed by atoms with Crippen LogP contribution in [0.15, 0.2) is 30.5 Å². The van der Waals surface area contributed by atoms with E-state index in [1.807, 2.05) is 12.1 Å². The summed E-state index contributed by atoms with van der Waals surface area (Å²) in [6, 6.07) is 7.34. The van der Waals surface area contributed by atoms with Crippen molar-refractivity contribution in [2.24, 2.45) is 0 Å². The summed E-state index contributed by atoms with van der Waals surface area (Å²) in [6.07, 6.45) is 1.69. The zero-order valence-electron chi connectivity index (χ0n) is 7.86. The molecule has 0 fully saturated rings. The Morgan fingerprint density at radius 2 is 2.07 bits per heavy atom. The number of carboxylic acids is 1. The van der Waals surface area contributed by atoms with Gasteiger partial charge < -0.3 is 10.1 Å². The first-order valence-corrected chi connectivity index (χ1v) is 4.49. The number of hydrogen-bond donors (Lipinski definition) is 2. The van der Waals surface area contributed by atoms with Gasteiger partial charge in [0.25, 0.3) is 0 Å². The van der Waals surface area contributed by atoms with Crippen LogP contribution >= 0.6 is 0 Å². The van der Waals surface area contributed by atoms with Gasteiger partial charge in [0.1, 0.15) is 0 Å². The van der Waals surface area contributed by atoms with Crippen molar-refractivity contribution in [3.8, 4) is 0 Å². The Morgan fingerprint density at radius 3 is 2.80 bits per heavy atom. The van der Waals surface area contributed by atoms with Gasteiger partial charge in [0, 0.05) is 18.1 Å². The lowest BCUT2D eigenvalue weighted by Crippen LogP contribution is -2.15. The van der Waals surface area contributed by atoms with Crippen molar-refractivity contribution in [1.82, 2.24) is 4.98 Å². The van der Waals surface area contributed by atoms with Gasteiger partial charge in [0.15, 0.2) is 0 Å². The van der Waals surface area contributed by atoms with E-state index in [9.17, 15) is 9.59 Å². The molecule has 0 saturated heterocycles. The third-order valence-corrected chi connectivity index (χ3v) is 2.26. The summed E-state index contributed by atoms with van der Waals surface area (Å²) >= 11 is 0. The Bertz CT molecular complexity index is 527. The molecule has 4 nitrogen and oxygen atoms in total. The predicted octanol–water partition coefficient (Wildman–Crippen LogP) is 1.36. The van der Waals surface area contributed by atoms with E-state index in [1.165, 1.54) is 0 Å². The number of carbonyl (C=O) groups is 2. The van der Waals surface area contributed by atoms with Crippen LogP contribution in [0.3, 0.4) is 0 Å². The van der Waals surface area contributed by atoms with Crippen LogP contribution in [0, 0.1) is 0 Å². The molecule has 76 valence electrons. The van der Waals surface area contributed by atoms with E-state index in [-0.39, 0.29) is 6.42 Å². The number of rotatable bonds is 3. The standard InChI is InChI=1S/C11H9NO3/c13-9(11(14)15)6-8-3-1-2-7-4-5-12-10(7)8/h1-5,12H,6H2,(H,14,15). The maximum Gasteiger partial charge on any atom is 0.372 e. The number of nitrogens with one attached hydrogen (secondary N) is 1. The van der Waals surface area contributed by atoms with Crippen molar-refractivity contribution in [1.29, 1.82) is 0 Å². The van der Waals surface area contributed by atoms with E-state index in [4.69, 9.17) is 5.11 Å². The summed E-state index contributed by atoms with van der Waals surface area (Å²) < 4.78 is 0. The molecule has 0 aliphatic heterocycles. The van der Waals surface area contributed by atoms with Crippen molar-refractivity contribution in [3.63, 3.8) is 0 Å². The fourth-order valence-electron chi connectivity index (χ4n) is 1.55. The lowest BCUT2D eigenvalue weighted by atomic mass is 10.1. The van der Waals surface area contributed by atoms with E-state index in [0.717, 1.165) is 10.9 Å². The average molecular weight is 203 g/mol. The largest absolute Gasteiger partial charge is 0.475 e. The second-order valence-corrected chi connectivity index (χ2v) is 3.26.